The Balaban J connectivity index is 1.44. The van der Waals surface area contributed by atoms with Gasteiger partial charge in [0.15, 0.2) is 5.82 Å². The van der Waals surface area contributed by atoms with Crippen LogP contribution < -0.4 is 4.74 Å². The molecule has 7 heteroatoms. The highest BCUT2D eigenvalue weighted by Gasteiger charge is 2.29. The van der Waals surface area contributed by atoms with Crippen molar-refractivity contribution in [3.8, 4) is 5.75 Å². The van der Waals surface area contributed by atoms with E-state index in [-0.39, 0.29) is 11.8 Å². The molecule has 0 bridgehead atoms. The van der Waals surface area contributed by atoms with Gasteiger partial charge in [0, 0.05) is 20.0 Å². The van der Waals surface area contributed by atoms with Crippen molar-refractivity contribution in [2.75, 3.05) is 26.9 Å². The summed E-state index contributed by atoms with van der Waals surface area (Å²) in [5, 5.41) is 8.52. The maximum absolute atomic E-state index is 12.8. The van der Waals surface area contributed by atoms with Gasteiger partial charge in [-0.25, -0.2) is 0 Å². The SMILES string of the molecule is CN(Cc1nnc2n1CCOCC2)C(=O)C1COc2ccccc2C1. The van der Waals surface area contributed by atoms with Gasteiger partial charge in [0.25, 0.3) is 0 Å². The molecule has 7 nitrogen and oxygen atoms in total. The quantitative estimate of drug-likeness (QED) is 0.834. The summed E-state index contributed by atoms with van der Waals surface area (Å²) in [5.41, 5.74) is 1.09. The van der Waals surface area contributed by atoms with E-state index in [0.717, 1.165) is 35.9 Å². The highest BCUT2D eigenvalue weighted by Crippen LogP contribution is 2.27. The second-order valence-electron chi connectivity index (χ2n) is 6.56. The molecule has 1 amide bonds. The number of aromatic nitrogens is 3. The third kappa shape index (κ3) is 3.24. The van der Waals surface area contributed by atoms with Crippen LogP contribution in [0.3, 0.4) is 0 Å². The molecule has 0 N–H and O–H groups in total. The second-order valence-corrected chi connectivity index (χ2v) is 6.56. The van der Waals surface area contributed by atoms with E-state index < -0.39 is 0 Å². The minimum Gasteiger partial charge on any atom is -0.492 e. The van der Waals surface area contributed by atoms with Gasteiger partial charge in [-0.05, 0) is 18.1 Å². The molecule has 0 fully saturated rings. The van der Waals surface area contributed by atoms with Gasteiger partial charge in [-0.1, -0.05) is 18.2 Å². The van der Waals surface area contributed by atoms with Gasteiger partial charge in [-0.15, -0.1) is 10.2 Å². The van der Waals surface area contributed by atoms with Crippen LogP contribution in [0.15, 0.2) is 24.3 Å². The molecule has 0 saturated carbocycles. The van der Waals surface area contributed by atoms with Crippen molar-refractivity contribution in [2.24, 2.45) is 5.92 Å². The molecule has 1 atom stereocenters. The predicted octanol–water partition coefficient (Wildman–Crippen LogP) is 1.06. The number of ether oxygens (including phenoxy) is 2. The maximum Gasteiger partial charge on any atom is 0.229 e. The minimum absolute atomic E-state index is 0.0803. The number of hydrogen-bond acceptors (Lipinski definition) is 5. The molecular weight excluding hydrogens is 320 g/mol. The first-order valence-electron chi connectivity index (χ1n) is 8.67. The summed E-state index contributed by atoms with van der Waals surface area (Å²) in [6.07, 6.45) is 1.48. The van der Waals surface area contributed by atoms with E-state index in [1.165, 1.54) is 0 Å². The largest absolute Gasteiger partial charge is 0.492 e. The molecule has 2 aliphatic rings. The highest BCUT2D eigenvalue weighted by molar-refractivity contribution is 5.79. The molecule has 3 heterocycles. The Hall–Kier alpha value is -2.41. The number of hydrogen-bond donors (Lipinski definition) is 0. The summed E-state index contributed by atoms with van der Waals surface area (Å²) in [4.78, 5) is 14.6. The van der Waals surface area contributed by atoms with E-state index in [0.29, 0.717) is 32.8 Å². The molecule has 0 radical (unpaired) electrons. The molecule has 1 aromatic heterocycles. The monoisotopic (exact) mass is 342 g/mol. The van der Waals surface area contributed by atoms with Gasteiger partial charge in [0.2, 0.25) is 5.91 Å². The number of amides is 1. The maximum atomic E-state index is 12.8. The number of para-hydroxylation sites is 1. The van der Waals surface area contributed by atoms with Crippen LogP contribution in [-0.2, 0) is 35.5 Å². The molecule has 0 saturated heterocycles. The van der Waals surface area contributed by atoms with Crippen molar-refractivity contribution in [3.63, 3.8) is 0 Å². The van der Waals surface area contributed by atoms with Gasteiger partial charge >= 0.3 is 0 Å². The Kier molecular flexibility index (Phi) is 4.40. The van der Waals surface area contributed by atoms with Crippen LogP contribution in [0.25, 0.3) is 0 Å². The van der Waals surface area contributed by atoms with Crippen LogP contribution in [0, 0.1) is 5.92 Å². The third-order valence-corrected chi connectivity index (χ3v) is 4.82. The first kappa shape index (κ1) is 16.1. The van der Waals surface area contributed by atoms with Crippen LogP contribution in [0.2, 0.25) is 0 Å². The van der Waals surface area contributed by atoms with E-state index in [1.54, 1.807) is 4.90 Å². The van der Waals surface area contributed by atoms with Crippen LogP contribution in [0.4, 0.5) is 0 Å². The molecule has 132 valence electrons. The minimum atomic E-state index is -0.158. The molecule has 2 aliphatic heterocycles. The molecule has 4 rings (SSSR count). The zero-order valence-electron chi connectivity index (χ0n) is 14.4. The van der Waals surface area contributed by atoms with Crippen molar-refractivity contribution in [1.82, 2.24) is 19.7 Å². The van der Waals surface area contributed by atoms with E-state index in [9.17, 15) is 4.79 Å². The Morgan fingerprint density at radius 1 is 1.32 bits per heavy atom. The number of rotatable bonds is 3. The lowest BCUT2D eigenvalue weighted by atomic mass is 9.95. The van der Waals surface area contributed by atoms with Crippen molar-refractivity contribution in [1.29, 1.82) is 0 Å². The van der Waals surface area contributed by atoms with E-state index in [1.807, 2.05) is 31.3 Å². The van der Waals surface area contributed by atoms with E-state index in [4.69, 9.17) is 9.47 Å². The highest BCUT2D eigenvalue weighted by atomic mass is 16.5. The average Bonchev–Trinajstić information content (AvgIpc) is 2.87. The summed E-state index contributed by atoms with van der Waals surface area (Å²) in [6, 6.07) is 7.90. The number of nitrogens with zero attached hydrogens (tertiary/aromatic N) is 4. The molecule has 2 aromatic rings. The zero-order chi connectivity index (χ0) is 17.2. The van der Waals surface area contributed by atoms with Gasteiger partial charge in [-0.2, -0.15) is 0 Å². The Labute approximate surface area is 146 Å². The lowest BCUT2D eigenvalue weighted by Gasteiger charge is -2.28. The Bertz CT molecular complexity index is 773. The van der Waals surface area contributed by atoms with E-state index in [2.05, 4.69) is 14.8 Å². The fourth-order valence-electron chi connectivity index (χ4n) is 3.44. The molecule has 25 heavy (non-hydrogen) atoms. The van der Waals surface area contributed by atoms with Gasteiger partial charge < -0.3 is 18.9 Å². The van der Waals surface area contributed by atoms with E-state index >= 15 is 0 Å². The van der Waals surface area contributed by atoms with Crippen molar-refractivity contribution < 1.29 is 14.3 Å². The van der Waals surface area contributed by atoms with Crippen molar-refractivity contribution in [3.05, 3.63) is 41.5 Å². The normalized spacial score (nSPS) is 19.3. The predicted molar refractivity (Wildman–Crippen MR) is 90.2 cm³/mol. The second kappa shape index (κ2) is 6.84. The van der Waals surface area contributed by atoms with Crippen LogP contribution >= 0.6 is 0 Å². The van der Waals surface area contributed by atoms with Crippen LogP contribution in [-0.4, -0.2) is 52.4 Å². The van der Waals surface area contributed by atoms with Crippen molar-refractivity contribution >= 4 is 5.91 Å². The lowest BCUT2D eigenvalue weighted by Crippen LogP contribution is -2.38. The fraction of sp³-hybridized carbons (Fsp3) is 0.500. The van der Waals surface area contributed by atoms with Crippen LogP contribution in [0.5, 0.6) is 5.75 Å². The Morgan fingerprint density at radius 2 is 2.20 bits per heavy atom. The number of carbonyl (C=O) groups excluding carboxylic acids is 1. The molecular formula is C18H22N4O3. The average molecular weight is 342 g/mol. The van der Waals surface area contributed by atoms with Gasteiger partial charge in [0.1, 0.15) is 18.2 Å². The molecule has 0 aliphatic carbocycles. The smallest absolute Gasteiger partial charge is 0.229 e. The summed E-state index contributed by atoms with van der Waals surface area (Å²) >= 11 is 0. The Morgan fingerprint density at radius 3 is 3.12 bits per heavy atom. The van der Waals surface area contributed by atoms with Gasteiger partial charge in [-0.3, -0.25) is 4.79 Å². The lowest BCUT2D eigenvalue weighted by molar-refractivity contribution is -0.136. The number of fused-ring (bicyclic) bond motifs is 2. The zero-order valence-corrected chi connectivity index (χ0v) is 14.4. The molecule has 1 unspecified atom stereocenters. The third-order valence-electron chi connectivity index (χ3n) is 4.82. The fourth-order valence-corrected chi connectivity index (χ4v) is 3.44. The van der Waals surface area contributed by atoms with Crippen molar-refractivity contribution in [2.45, 2.75) is 25.9 Å². The first-order valence-corrected chi connectivity index (χ1v) is 8.67. The number of carbonyl (C=O) groups is 1. The van der Waals surface area contributed by atoms with Crippen LogP contribution in [0.1, 0.15) is 17.2 Å². The number of benzene rings is 1. The summed E-state index contributed by atoms with van der Waals surface area (Å²) in [7, 11) is 1.82. The molecule has 0 spiro atoms. The molecule has 1 aromatic carbocycles. The summed E-state index contributed by atoms with van der Waals surface area (Å²) in [5.74, 6) is 2.56. The van der Waals surface area contributed by atoms with Gasteiger partial charge in [0.05, 0.1) is 25.7 Å². The standard InChI is InChI=1S/C18H22N4O3/c1-21(11-17-20-19-16-6-8-24-9-7-22(16)17)18(23)14-10-13-4-2-3-5-15(13)25-12-14/h2-5,14H,6-12H2,1H3. The summed E-state index contributed by atoms with van der Waals surface area (Å²) < 4.78 is 13.3. The summed E-state index contributed by atoms with van der Waals surface area (Å²) in [6.45, 7) is 2.93. The topological polar surface area (TPSA) is 69.5 Å². The first-order chi connectivity index (χ1) is 12.2.